The SMILES string of the molecule is CCNN1CCCC1C1CCCCC(c2ccc(N3CCN(c4ncc(C5CCCN5)[nH]4)CC3=O)cc2)=N1. The minimum Gasteiger partial charge on any atom is -0.331 e. The summed E-state index contributed by atoms with van der Waals surface area (Å²) in [6.07, 6.45) is 11.3. The fourth-order valence-corrected chi connectivity index (χ4v) is 6.64. The molecule has 0 bridgehead atoms. The van der Waals surface area contributed by atoms with Gasteiger partial charge in [-0.1, -0.05) is 25.5 Å². The molecular weight excluding hydrogens is 476 g/mol. The van der Waals surface area contributed by atoms with Crippen molar-refractivity contribution < 1.29 is 4.79 Å². The normalized spacial score (nSPS) is 27.1. The molecule has 3 unspecified atom stereocenters. The van der Waals surface area contributed by atoms with Crippen LogP contribution in [0.3, 0.4) is 0 Å². The first-order chi connectivity index (χ1) is 18.7. The predicted octanol–water partition coefficient (Wildman–Crippen LogP) is 3.41. The Morgan fingerprint density at radius 3 is 2.71 bits per heavy atom. The maximum Gasteiger partial charge on any atom is 0.246 e. The molecule has 9 heteroatoms. The fraction of sp³-hybridized carbons (Fsp3) is 0.621. The lowest BCUT2D eigenvalue weighted by atomic mass is 10.0. The van der Waals surface area contributed by atoms with Crippen molar-refractivity contribution in [3.05, 3.63) is 41.7 Å². The minimum atomic E-state index is 0.109. The summed E-state index contributed by atoms with van der Waals surface area (Å²) in [4.78, 5) is 30.5. The van der Waals surface area contributed by atoms with Gasteiger partial charge in [0.15, 0.2) is 0 Å². The van der Waals surface area contributed by atoms with E-state index in [1.807, 2.05) is 11.1 Å². The number of amides is 1. The van der Waals surface area contributed by atoms with Gasteiger partial charge in [0.25, 0.3) is 0 Å². The molecule has 204 valence electrons. The molecule has 3 atom stereocenters. The molecule has 9 nitrogen and oxygen atoms in total. The molecule has 4 aliphatic rings. The number of hydrogen-bond donors (Lipinski definition) is 3. The number of hydrazine groups is 1. The molecule has 3 saturated heterocycles. The Labute approximate surface area is 226 Å². The zero-order chi connectivity index (χ0) is 25.9. The molecule has 3 fully saturated rings. The highest BCUT2D eigenvalue weighted by molar-refractivity contribution is 6.02. The summed E-state index contributed by atoms with van der Waals surface area (Å²) >= 11 is 0. The second-order valence-electron chi connectivity index (χ2n) is 11.1. The van der Waals surface area contributed by atoms with Gasteiger partial charge in [-0.25, -0.2) is 9.99 Å². The van der Waals surface area contributed by atoms with E-state index in [-0.39, 0.29) is 5.91 Å². The number of nitrogens with zero attached hydrogens (tertiary/aromatic N) is 5. The highest BCUT2D eigenvalue weighted by Crippen LogP contribution is 2.29. The van der Waals surface area contributed by atoms with Gasteiger partial charge in [0.05, 0.1) is 17.9 Å². The molecule has 6 rings (SSSR count). The van der Waals surface area contributed by atoms with E-state index in [0.29, 0.717) is 31.2 Å². The monoisotopic (exact) mass is 518 g/mol. The van der Waals surface area contributed by atoms with Gasteiger partial charge in [-0.05, 0) is 69.2 Å². The lowest BCUT2D eigenvalue weighted by Crippen LogP contribution is -2.51. The molecule has 0 aliphatic carbocycles. The van der Waals surface area contributed by atoms with Gasteiger partial charge in [-0.2, -0.15) is 0 Å². The van der Waals surface area contributed by atoms with Gasteiger partial charge in [0, 0.05) is 49.7 Å². The van der Waals surface area contributed by atoms with Crippen LogP contribution in [0, 0.1) is 0 Å². The van der Waals surface area contributed by atoms with E-state index in [2.05, 4.69) is 61.8 Å². The number of aromatic nitrogens is 2. The van der Waals surface area contributed by atoms with E-state index in [0.717, 1.165) is 56.4 Å². The average Bonchev–Trinajstić information content (AvgIpc) is 3.70. The number of carbonyl (C=O) groups excluding carboxylic acids is 1. The number of nitrogens with one attached hydrogen (secondary N) is 3. The zero-order valence-corrected chi connectivity index (χ0v) is 22.7. The van der Waals surface area contributed by atoms with Crippen LogP contribution in [0.4, 0.5) is 11.6 Å². The van der Waals surface area contributed by atoms with Crippen molar-refractivity contribution in [2.45, 2.75) is 76.4 Å². The summed E-state index contributed by atoms with van der Waals surface area (Å²) in [7, 11) is 0. The molecule has 1 aromatic heterocycles. The Bertz CT molecular complexity index is 1120. The molecule has 2 aromatic rings. The topological polar surface area (TPSA) is 91.9 Å². The van der Waals surface area contributed by atoms with Crippen molar-refractivity contribution in [3.8, 4) is 0 Å². The van der Waals surface area contributed by atoms with Gasteiger partial charge >= 0.3 is 0 Å². The minimum absolute atomic E-state index is 0.109. The first-order valence-corrected chi connectivity index (χ1v) is 14.7. The molecule has 0 radical (unpaired) electrons. The number of benzene rings is 1. The molecular formula is C29H42N8O. The quantitative estimate of drug-likeness (QED) is 0.520. The predicted molar refractivity (Wildman–Crippen MR) is 152 cm³/mol. The molecule has 1 aromatic carbocycles. The van der Waals surface area contributed by atoms with Crippen LogP contribution in [0.1, 0.15) is 75.6 Å². The highest BCUT2D eigenvalue weighted by Gasteiger charge is 2.32. The maximum absolute atomic E-state index is 13.1. The number of imidazole rings is 1. The van der Waals surface area contributed by atoms with Crippen LogP contribution < -0.4 is 20.5 Å². The molecule has 5 heterocycles. The molecule has 1 amide bonds. The van der Waals surface area contributed by atoms with Gasteiger partial charge < -0.3 is 20.1 Å². The van der Waals surface area contributed by atoms with Crippen LogP contribution >= 0.6 is 0 Å². The van der Waals surface area contributed by atoms with Crippen LogP contribution in [0.15, 0.2) is 35.5 Å². The number of anilines is 2. The molecule has 38 heavy (non-hydrogen) atoms. The van der Waals surface area contributed by atoms with E-state index in [4.69, 9.17) is 4.99 Å². The van der Waals surface area contributed by atoms with Gasteiger partial charge in [0.2, 0.25) is 11.9 Å². The summed E-state index contributed by atoms with van der Waals surface area (Å²) in [5.74, 6) is 0.908. The number of hydrogen-bond acceptors (Lipinski definition) is 7. The van der Waals surface area contributed by atoms with E-state index in [1.54, 1.807) is 0 Å². The Balaban J connectivity index is 1.11. The van der Waals surface area contributed by atoms with Crippen molar-refractivity contribution in [1.82, 2.24) is 25.7 Å². The van der Waals surface area contributed by atoms with Crippen LogP contribution in [-0.4, -0.2) is 77.9 Å². The van der Waals surface area contributed by atoms with Crippen LogP contribution in [0.2, 0.25) is 0 Å². The number of rotatable bonds is 7. The van der Waals surface area contributed by atoms with Crippen molar-refractivity contribution >= 4 is 23.3 Å². The molecule has 0 spiro atoms. The summed E-state index contributed by atoms with van der Waals surface area (Å²) in [5.41, 5.74) is 8.07. The largest absolute Gasteiger partial charge is 0.331 e. The Hall–Kier alpha value is -2.75. The summed E-state index contributed by atoms with van der Waals surface area (Å²) in [6.45, 7) is 7.06. The highest BCUT2D eigenvalue weighted by atomic mass is 16.2. The first-order valence-electron chi connectivity index (χ1n) is 14.7. The number of aliphatic imine (C=N–C) groups is 1. The van der Waals surface area contributed by atoms with Crippen LogP contribution in [-0.2, 0) is 4.79 Å². The van der Waals surface area contributed by atoms with Gasteiger partial charge in [-0.3, -0.25) is 15.2 Å². The van der Waals surface area contributed by atoms with Crippen LogP contribution in [0.5, 0.6) is 0 Å². The third kappa shape index (κ3) is 5.37. The number of carbonyl (C=O) groups is 1. The summed E-state index contributed by atoms with van der Waals surface area (Å²) < 4.78 is 0. The van der Waals surface area contributed by atoms with E-state index in [9.17, 15) is 4.79 Å². The zero-order valence-electron chi connectivity index (χ0n) is 22.7. The van der Waals surface area contributed by atoms with Crippen LogP contribution in [0.25, 0.3) is 0 Å². The van der Waals surface area contributed by atoms with E-state index < -0.39 is 0 Å². The maximum atomic E-state index is 13.1. The number of aromatic amines is 1. The fourth-order valence-electron chi connectivity index (χ4n) is 6.64. The third-order valence-corrected chi connectivity index (χ3v) is 8.64. The number of H-pyrrole nitrogens is 1. The van der Waals surface area contributed by atoms with E-state index >= 15 is 0 Å². The standard InChI is InChI=1S/C29H42N8O/c1-2-32-37-16-6-10-27(37)25-8-4-3-7-23(33-25)21-11-13-22(14-12-21)36-18-17-35(20-28(36)38)29-31-19-26(34-29)24-9-5-15-30-24/h11-14,19,24-25,27,30,32H,2-10,15-18,20H2,1H3,(H,31,34). The second-order valence-corrected chi connectivity index (χ2v) is 11.1. The Morgan fingerprint density at radius 1 is 1.03 bits per heavy atom. The van der Waals surface area contributed by atoms with Crippen molar-refractivity contribution in [2.75, 3.05) is 49.1 Å². The van der Waals surface area contributed by atoms with Crippen molar-refractivity contribution in [1.29, 1.82) is 0 Å². The first kappa shape index (κ1) is 25.5. The van der Waals surface area contributed by atoms with Crippen molar-refractivity contribution in [2.24, 2.45) is 4.99 Å². The lowest BCUT2D eigenvalue weighted by Gasteiger charge is -2.34. The van der Waals surface area contributed by atoms with Gasteiger partial charge in [0.1, 0.15) is 6.54 Å². The molecule has 3 N–H and O–H groups in total. The van der Waals surface area contributed by atoms with E-state index in [1.165, 1.54) is 49.8 Å². The summed E-state index contributed by atoms with van der Waals surface area (Å²) in [6, 6.07) is 9.74. The average molecular weight is 519 g/mol. The smallest absolute Gasteiger partial charge is 0.246 e. The lowest BCUT2D eigenvalue weighted by molar-refractivity contribution is -0.117. The van der Waals surface area contributed by atoms with Gasteiger partial charge in [-0.15, -0.1) is 0 Å². The van der Waals surface area contributed by atoms with Crippen molar-refractivity contribution in [3.63, 3.8) is 0 Å². The second kappa shape index (κ2) is 11.6. The Kier molecular flexibility index (Phi) is 7.76. The molecule has 0 saturated carbocycles. The summed E-state index contributed by atoms with van der Waals surface area (Å²) in [5, 5.41) is 5.93. The third-order valence-electron chi connectivity index (χ3n) is 8.64. The molecule has 4 aliphatic heterocycles. The number of piperazine rings is 1. The Morgan fingerprint density at radius 2 is 1.92 bits per heavy atom.